The van der Waals surface area contributed by atoms with Crippen molar-refractivity contribution in [2.75, 3.05) is 13.2 Å². The van der Waals surface area contributed by atoms with Crippen LogP contribution in [0.5, 0.6) is 0 Å². The van der Waals surface area contributed by atoms with Gasteiger partial charge in [-0.3, -0.25) is 4.98 Å². The summed E-state index contributed by atoms with van der Waals surface area (Å²) in [6.45, 7) is 4.33. The first kappa shape index (κ1) is 11.7. The summed E-state index contributed by atoms with van der Waals surface area (Å²) in [6, 6.07) is 5.76. The minimum atomic E-state index is 0.122. The summed E-state index contributed by atoms with van der Waals surface area (Å²) in [4.78, 5) is 9.33. The molecule has 0 saturated heterocycles. The number of oxime groups is 1. The lowest BCUT2D eigenvalue weighted by atomic mass is 10.2. The molecule has 1 rings (SSSR count). The van der Waals surface area contributed by atoms with Crippen LogP contribution in [0.2, 0.25) is 0 Å². The SMILES string of the molecule is C/C(=N\OCCCO)c1cccc(C)n1. The third-order valence-corrected chi connectivity index (χ3v) is 1.85. The molecule has 4 nitrogen and oxygen atoms in total. The quantitative estimate of drug-likeness (QED) is 0.453. The zero-order valence-corrected chi connectivity index (χ0v) is 9.10. The molecule has 0 fully saturated rings. The van der Waals surface area contributed by atoms with Crippen molar-refractivity contribution in [3.8, 4) is 0 Å². The van der Waals surface area contributed by atoms with Crippen LogP contribution in [0.25, 0.3) is 0 Å². The van der Waals surface area contributed by atoms with Crippen LogP contribution in [0.1, 0.15) is 24.7 Å². The first-order valence-corrected chi connectivity index (χ1v) is 4.95. The van der Waals surface area contributed by atoms with E-state index < -0.39 is 0 Å². The summed E-state index contributed by atoms with van der Waals surface area (Å²) in [6.07, 6.45) is 0.595. The molecule has 0 saturated carbocycles. The first-order valence-electron chi connectivity index (χ1n) is 4.95. The molecular weight excluding hydrogens is 192 g/mol. The highest BCUT2D eigenvalue weighted by molar-refractivity contribution is 5.96. The largest absolute Gasteiger partial charge is 0.396 e. The maximum atomic E-state index is 8.54. The van der Waals surface area contributed by atoms with Crippen LogP contribution in [0, 0.1) is 6.92 Å². The number of pyridine rings is 1. The van der Waals surface area contributed by atoms with Crippen molar-refractivity contribution in [3.63, 3.8) is 0 Å². The van der Waals surface area contributed by atoms with Crippen molar-refractivity contribution in [2.24, 2.45) is 5.16 Å². The molecule has 0 bridgehead atoms. The predicted octanol–water partition coefficient (Wildman–Crippen LogP) is 1.51. The lowest BCUT2D eigenvalue weighted by Gasteiger charge is -2.01. The lowest BCUT2D eigenvalue weighted by molar-refractivity contribution is 0.124. The highest BCUT2D eigenvalue weighted by Gasteiger charge is 1.99. The summed E-state index contributed by atoms with van der Waals surface area (Å²) in [5, 5.41) is 12.5. The minimum Gasteiger partial charge on any atom is -0.396 e. The van der Waals surface area contributed by atoms with Crippen LogP contribution in [-0.2, 0) is 4.84 Å². The Morgan fingerprint density at radius 3 is 3.00 bits per heavy atom. The van der Waals surface area contributed by atoms with E-state index in [0.717, 1.165) is 17.1 Å². The summed E-state index contributed by atoms with van der Waals surface area (Å²) in [5.74, 6) is 0. The van der Waals surface area contributed by atoms with Crippen LogP contribution in [0.4, 0.5) is 0 Å². The fourth-order valence-corrected chi connectivity index (χ4v) is 1.06. The van der Waals surface area contributed by atoms with Gasteiger partial charge in [-0.1, -0.05) is 11.2 Å². The van der Waals surface area contributed by atoms with E-state index in [0.29, 0.717) is 13.0 Å². The normalized spacial score (nSPS) is 11.5. The lowest BCUT2D eigenvalue weighted by Crippen LogP contribution is -2.01. The molecule has 82 valence electrons. The molecule has 0 aliphatic rings. The Balaban J connectivity index is 2.55. The van der Waals surface area contributed by atoms with Gasteiger partial charge in [0.2, 0.25) is 0 Å². The van der Waals surface area contributed by atoms with Gasteiger partial charge in [0.25, 0.3) is 0 Å². The third kappa shape index (κ3) is 4.08. The second-order valence-electron chi connectivity index (χ2n) is 3.25. The summed E-state index contributed by atoms with van der Waals surface area (Å²) < 4.78 is 0. The molecule has 0 aliphatic carbocycles. The average Bonchev–Trinajstić information content (AvgIpc) is 2.24. The highest BCUT2D eigenvalue weighted by atomic mass is 16.6. The molecule has 0 amide bonds. The van der Waals surface area contributed by atoms with Gasteiger partial charge in [0, 0.05) is 18.7 Å². The van der Waals surface area contributed by atoms with Gasteiger partial charge < -0.3 is 9.94 Å². The van der Waals surface area contributed by atoms with Crippen LogP contribution < -0.4 is 0 Å². The molecule has 15 heavy (non-hydrogen) atoms. The Morgan fingerprint density at radius 1 is 1.53 bits per heavy atom. The molecule has 0 unspecified atom stereocenters. The smallest absolute Gasteiger partial charge is 0.119 e. The molecule has 1 heterocycles. The highest BCUT2D eigenvalue weighted by Crippen LogP contribution is 2.00. The maximum absolute atomic E-state index is 8.54. The Kier molecular flexibility index (Phi) is 4.77. The van der Waals surface area contributed by atoms with Crippen molar-refractivity contribution in [1.82, 2.24) is 4.98 Å². The van der Waals surface area contributed by atoms with E-state index in [4.69, 9.17) is 9.94 Å². The molecule has 0 radical (unpaired) electrons. The van der Waals surface area contributed by atoms with Gasteiger partial charge >= 0.3 is 0 Å². The maximum Gasteiger partial charge on any atom is 0.119 e. The van der Waals surface area contributed by atoms with Crippen LogP contribution in [-0.4, -0.2) is 29.0 Å². The number of aliphatic hydroxyl groups excluding tert-OH is 1. The van der Waals surface area contributed by atoms with Crippen LogP contribution in [0.15, 0.2) is 23.4 Å². The summed E-state index contributed by atoms with van der Waals surface area (Å²) in [7, 11) is 0. The number of hydrogen-bond acceptors (Lipinski definition) is 4. The standard InChI is InChI=1S/C11H16N2O2/c1-9-5-3-6-11(12-9)10(2)13-15-8-4-7-14/h3,5-6,14H,4,7-8H2,1-2H3/b13-10+. The van der Waals surface area contributed by atoms with E-state index in [9.17, 15) is 0 Å². The number of hydrogen-bond donors (Lipinski definition) is 1. The molecule has 4 heteroatoms. The Labute approximate surface area is 89.6 Å². The van der Waals surface area contributed by atoms with E-state index >= 15 is 0 Å². The molecule has 1 N–H and O–H groups in total. The fraction of sp³-hybridized carbons (Fsp3) is 0.455. The molecular formula is C11H16N2O2. The third-order valence-electron chi connectivity index (χ3n) is 1.85. The number of aryl methyl sites for hydroxylation is 1. The van der Waals surface area contributed by atoms with Gasteiger partial charge in [-0.2, -0.15) is 0 Å². The zero-order valence-electron chi connectivity index (χ0n) is 9.10. The van der Waals surface area contributed by atoms with Gasteiger partial charge in [-0.15, -0.1) is 0 Å². The molecule has 0 aromatic carbocycles. The predicted molar refractivity (Wildman–Crippen MR) is 58.8 cm³/mol. The fourth-order valence-electron chi connectivity index (χ4n) is 1.06. The van der Waals surface area contributed by atoms with Crippen molar-refractivity contribution in [2.45, 2.75) is 20.3 Å². The number of aliphatic hydroxyl groups is 1. The first-order chi connectivity index (χ1) is 7.24. The molecule has 1 aromatic heterocycles. The van der Waals surface area contributed by atoms with Crippen molar-refractivity contribution in [1.29, 1.82) is 0 Å². The van der Waals surface area contributed by atoms with E-state index in [1.807, 2.05) is 32.0 Å². The van der Waals surface area contributed by atoms with Crippen molar-refractivity contribution < 1.29 is 9.94 Å². The Hall–Kier alpha value is -1.42. The van der Waals surface area contributed by atoms with Crippen LogP contribution >= 0.6 is 0 Å². The topological polar surface area (TPSA) is 54.7 Å². The summed E-state index contributed by atoms with van der Waals surface area (Å²) >= 11 is 0. The minimum absolute atomic E-state index is 0.122. The van der Waals surface area contributed by atoms with E-state index in [1.54, 1.807) is 0 Å². The molecule has 1 aromatic rings. The Morgan fingerprint density at radius 2 is 2.33 bits per heavy atom. The van der Waals surface area contributed by atoms with Gasteiger partial charge in [-0.25, -0.2) is 0 Å². The number of rotatable bonds is 5. The second-order valence-corrected chi connectivity index (χ2v) is 3.25. The molecule has 0 spiro atoms. The van der Waals surface area contributed by atoms with Gasteiger partial charge in [0.05, 0.1) is 5.69 Å². The van der Waals surface area contributed by atoms with Gasteiger partial charge in [-0.05, 0) is 26.0 Å². The van der Waals surface area contributed by atoms with Crippen molar-refractivity contribution in [3.05, 3.63) is 29.6 Å². The molecule has 0 aliphatic heterocycles. The van der Waals surface area contributed by atoms with E-state index in [-0.39, 0.29) is 6.61 Å². The second kappa shape index (κ2) is 6.14. The summed E-state index contributed by atoms with van der Waals surface area (Å²) in [5.41, 5.74) is 2.52. The van der Waals surface area contributed by atoms with Crippen molar-refractivity contribution >= 4 is 5.71 Å². The van der Waals surface area contributed by atoms with Gasteiger partial charge in [0.15, 0.2) is 0 Å². The molecule has 0 atom stereocenters. The van der Waals surface area contributed by atoms with Crippen LogP contribution in [0.3, 0.4) is 0 Å². The number of aromatic nitrogens is 1. The van der Waals surface area contributed by atoms with Gasteiger partial charge in [0.1, 0.15) is 12.3 Å². The Bertz CT molecular complexity index is 337. The average molecular weight is 208 g/mol. The van der Waals surface area contributed by atoms with E-state index in [2.05, 4.69) is 10.1 Å². The zero-order chi connectivity index (χ0) is 11.1. The number of nitrogens with zero attached hydrogens (tertiary/aromatic N) is 2. The monoisotopic (exact) mass is 208 g/mol. The van der Waals surface area contributed by atoms with E-state index in [1.165, 1.54) is 0 Å².